The Balaban J connectivity index is 1.81. The fraction of sp³-hybridized carbons (Fsp3) is 0.381. The highest BCUT2D eigenvalue weighted by Crippen LogP contribution is 2.31. The van der Waals surface area contributed by atoms with E-state index < -0.39 is 0 Å². The molecule has 0 unspecified atom stereocenters. The van der Waals surface area contributed by atoms with Crippen molar-refractivity contribution in [2.24, 2.45) is 0 Å². The molecule has 148 valence electrons. The topological polar surface area (TPSA) is 71.3 Å². The van der Waals surface area contributed by atoms with Crippen molar-refractivity contribution in [2.45, 2.75) is 32.7 Å². The van der Waals surface area contributed by atoms with Gasteiger partial charge in [0.05, 0.1) is 10.6 Å². The van der Waals surface area contributed by atoms with Gasteiger partial charge < -0.3 is 14.6 Å². The maximum atomic E-state index is 12.7. The second-order valence-electron chi connectivity index (χ2n) is 7.90. The fourth-order valence-electron chi connectivity index (χ4n) is 2.93. The third kappa shape index (κ3) is 4.51. The summed E-state index contributed by atoms with van der Waals surface area (Å²) in [5, 5.41) is 3.59. The number of carbonyl (C=O) groups is 1. The van der Waals surface area contributed by atoms with E-state index in [0.29, 0.717) is 33.1 Å². The van der Waals surface area contributed by atoms with Crippen molar-refractivity contribution in [3.63, 3.8) is 0 Å². The first-order valence-electron chi connectivity index (χ1n) is 9.14. The van der Waals surface area contributed by atoms with Crippen LogP contribution in [-0.4, -0.2) is 47.0 Å². The van der Waals surface area contributed by atoms with Gasteiger partial charge in [0.25, 0.3) is 5.91 Å². The van der Waals surface area contributed by atoms with Gasteiger partial charge in [-0.25, -0.2) is 0 Å². The molecule has 7 heteroatoms. The van der Waals surface area contributed by atoms with Gasteiger partial charge in [-0.3, -0.25) is 14.8 Å². The lowest BCUT2D eigenvalue weighted by molar-refractivity contribution is 0.0905. The van der Waals surface area contributed by atoms with Crippen LogP contribution < -0.4 is 5.32 Å². The van der Waals surface area contributed by atoms with Gasteiger partial charge in [0.2, 0.25) is 0 Å². The summed E-state index contributed by atoms with van der Waals surface area (Å²) in [4.78, 5) is 23.5. The van der Waals surface area contributed by atoms with Crippen LogP contribution >= 0.6 is 11.6 Å². The zero-order valence-corrected chi connectivity index (χ0v) is 17.6. The van der Waals surface area contributed by atoms with Gasteiger partial charge in [0.15, 0.2) is 11.3 Å². The lowest BCUT2D eigenvalue weighted by Gasteiger charge is -2.27. The second-order valence-corrected chi connectivity index (χ2v) is 8.31. The van der Waals surface area contributed by atoms with Crippen molar-refractivity contribution in [1.29, 1.82) is 0 Å². The molecule has 0 aliphatic heterocycles. The number of halogens is 1. The van der Waals surface area contributed by atoms with Crippen LogP contribution in [-0.2, 0) is 0 Å². The molecule has 0 bridgehead atoms. The smallest absolute Gasteiger partial charge is 0.253 e. The van der Waals surface area contributed by atoms with Gasteiger partial charge in [0.1, 0.15) is 11.2 Å². The summed E-state index contributed by atoms with van der Waals surface area (Å²) in [6, 6.07) is 5.31. The molecule has 28 heavy (non-hydrogen) atoms. The average molecular weight is 401 g/mol. The molecular weight excluding hydrogens is 376 g/mol. The molecule has 1 N–H and O–H groups in total. The second kappa shape index (κ2) is 7.89. The highest BCUT2D eigenvalue weighted by molar-refractivity contribution is 6.34. The molecule has 3 aromatic heterocycles. The number of hydrogen-bond donors (Lipinski definition) is 1. The van der Waals surface area contributed by atoms with E-state index in [0.717, 1.165) is 18.5 Å². The Morgan fingerprint density at radius 3 is 2.68 bits per heavy atom. The predicted molar refractivity (Wildman–Crippen MR) is 112 cm³/mol. The van der Waals surface area contributed by atoms with Crippen LogP contribution in [0.1, 0.15) is 36.2 Å². The highest BCUT2D eigenvalue weighted by atomic mass is 35.5. The van der Waals surface area contributed by atoms with Crippen LogP contribution in [0.25, 0.3) is 22.6 Å². The molecule has 0 radical (unpaired) electrons. The summed E-state index contributed by atoms with van der Waals surface area (Å²) in [7, 11) is 4.04. The summed E-state index contributed by atoms with van der Waals surface area (Å²) < 4.78 is 5.84. The molecule has 3 aromatic rings. The number of furan rings is 1. The first-order chi connectivity index (χ1) is 13.2. The van der Waals surface area contributed by atoms with E-state index in [2.05, 4.69) is 20.2 Å². The minimum atomic E-state index is -0.310. The average Bonchev–Trinajstić information content (AvgIpc) is 3.05. The molecule has 0 aromatic carbocycles. The van der Waals surface area contributed by atoms with Crippen molar-refractivity contribution in [3.8, 4) is 11.5 Å². The minimum Gasteiger partial charge on any atom is -0.451 e. The van der Waals surface area contributed by atoms with E-state index in [-0.39, 0.29) is 11.4 Å². The Hall–Kier alpha value is -2.44. The molecule has 0 fully saturated rings. The van der Waals surface area contributed by atoms with E-state index in [1.165, 1.54) is 0 Å². The maximum absolute atomic E-state index is 12.7. The molecule has 0 saturated heterocycles. The van der Waals surface area contributed by atoms with E-state index in [1.807, 2.05) is 40.9 Å². The van der Waals surface area contributed by atoms with Crippen molar-refractivity contribution in [3.05, 3.63) is 46.7 Å². The van der Waals surface area contributed by atoms with E-state index in [1.54, 1.807) is 24.5 Å². The number of amides is 1. The number of nitrogens with zero attached hydrogens (tertiary/aromatic N) is 3. The van der Waals surface area contributed by atoms with Gasteiger partial charge in [-0.2, -0.15) is 0 Å². The first kappa shape index (κ1) is 20.3. The number of hydrogen-bond acceptors (Lipinski definition) is 5. The number of pyridine rings is 2. The molecule has 0 spiro atoms. The zero-order valence-electron chi connectivity index (χ0n) is 16.8. The molecule has 1 amide bonds. The van der Waals surface area contributed by atoms with E-state index in [4.69, 9.17) is 16.0 Å². The molecule has 3 heterocycles. The van der Waals surface area contributed by atoms with Crippen LogP contribution in [0.2, 0.25) is 5.02 Å². The number of nitrogens with one attached hydrogen (secondary N) is 1. The van der Waals surface area contributed by atoms with Crippen molar-refractivity contribution in [1.82, 2.24) is 20.2 Å². The summed E-state index contributed by atoms with van der Waals surface area (Å²) >= 11 is 6.16. The number of carbonyl (C=O) groups excluding carboxylic acids is 1. The lowest BCUT2D eigenvalue weighted by atomic mass is 9.99. The quantitative estimate of drug-likeness (QED) is 0.667. The zero-order chi connectivity index (χ0) is 20.5. The number of fused-ring (bicyclic) bond motifs is 1. The maximum Gasteiger partial charge on any atom is 0.253 e. The summed E-state index contributed by atoms with van der Waals surface area (Å²) in [6.07, 6.45) is 4.06. The molecular formula is C21H25ClN4O2. The molecule has 3 rings (SSSR count). The molecule has 6 nitrogen and oxygen atoms in total. The Labute approximate surface area is 169 Å². The van der Waals surface area contributed by atoms with Crippen molar-refractivity contribution >= 4 is 28.6 Å². The van der Waals surface area contributed by atoms with Crippen LogP contribution in [0.15, 0.2) is 35.0 Å². The molecule has 0 saturated carbocycles. The van der Waals surface area contributed by atoms with E-state index >= 15 is 0 Å². The molecule has 0 aliphatic rings. The Morgan fingerprint density at radius 2 is 2.04 bits per heavy atom. The number of aryl methyl sites for hydroxylation is 1. The van der Waals surface area contributed by atoms with Crippen molar-refractivity contribution in [2.75, 3.05) is 20.6 Å². The van der Waals surface area contributed by atoms with Gasteiger partial charge in [-0.1, -0.05) is 11.6 Å². The van der Waals surface area contributed by atoms with Gasteiger partial charge in [-0.05, 0) is 65.5 Å². The monoisotopic (exact) mass is 400 g/mol. The fourth-order valence-corrected chi connectivity index (χ4v) is 3.12. The molecule has 0 atom stereocenters. The standard InChI is InChI=1S/C21H25ClN4O2/c1-13-10-14(20(27)25-21(2,3)7-9-26(4)5)12-24-18(13)17-11-16-19(28-17)15(22)6-8-23-16/h6,8,10-12H,7,9H2,1-5H3,(H,25,27). The lowest BCUT2D eigenvalue weighted by Crippen LogP contribution is -2.45. The Kier molecular flexibility index (Phi) is 5.72. The SMILES string of the molecule is Cc1cc(C(=O)NC(C)(C)CCN(C)C)cnc1-c1cc2nccc(Cl)c2o1. The largest absolute Gasteiger partial charge is 0.451 e. The summed E-state index contributed by atoms with van der Waals surface area (Å²) in [5.41, 5.74) is 2.92. The Bertz CT molecular complexity index is 1010. The minimum absolute atomic E-state index is 0.139. The normalized spacial score (nSPS) is 12.0. The van der Waals surface area contributed by atoms with Crippen molar-refractivity contribution < 1.29 is 9.21 Å². The van der Waals surface area contributed by atoms with Gasteiger partial charge >= 0.3 is 0 Å². The van der Waals surface area contributed by atoms with Gasteiger partial charge in [0, 0.05) is 24.0 Å². The van der Waals surface area contributed by atoms with Crippen LogP contribution in [0.3, 0.4) is 0 Å². The highest BCUT2D eigenvalue weighted by Gasteiger charge is 2.22. The van der Waals surface area contributed by atoms with Crippen LogP contribution in [0, 0.1) is 6.92 Å². The number of rotatable bonds is 6. The first-order valence-corrected chi connectivity index (χ1v) is 9.52. The van der Waals surface area contributed by atoms with E-state index in [9.17, 15) is 4.79 Å². The third-order valence-electron chi connectivity index (χ3n) is 4.57. The van der Waals surface area contributed by atoms with Crippen LogP contribution in [0.5, 0.6) is 0 Å². The number of aromatic nitrogens is 2. The predicted octanol–water partition coefficient (Wildman–Crippen LogP) is 4.31. The summed E-state index contributed by atoms with van der Waals surface area (Å²) in [6.45, 7) is 6.84. The summed E-state index contributed by atoms with van der Waals surface area (Å²) in [5.74, 6) is 0.437. The Morgan fingerprint density at radius 1 is 1.29 bits per heavy atom. The van der Waals surface area contributed by atoms with Gasteiger partial charge in [-0.15, -0.1) is 0 Å². The third-order valence-corrected chi connectivity index (χ3v) is 4.87. The van der Waals surface area contributed by atoms with Crippen LogP contribution in [0.4, 0.5) is 0 Å². The molecule has 0 aliphatic carbocycles.